The number of piperidine rings is 1. The second-order valence-electron chi connectivity index (χ2n) is 7.30. The van der Waals surface area contributed by atoms with Gasteiger partial charge in [-0.05, 0) is 30.5 Å². The molecular formula is C21H24F3N5O3. The summed E-state index contributed by atoms with van der Waals surface area (Å²) < 4.78 is 33.5. The first-order valence-corrected chi connectivity index (χ1v) is 9.91. The molecule has 0 unspecified atom stereocenters. The van der Waals surface area contributed by atoms with Crippen molar-refractivity contribution in [2.45, 2.75) is 43.9 Å². The maximum Gasteiger partial charge on any atom is 0.490 e. The van der Waals surface area contributed by atoms with Crippen molar-refractivity contribution in [1.29, 1.82) is 5.26 Å². The number of halogens is 3. The van der Waals surface area contributed by atoms with Gasteiger partial charge in [-0.3, -0.25) is 9.48 Å². The molecule has 0 spiro atoms. The minimum Gasteiger partial charge on any atom is -0.475 e. The van der Waals surface area contributed by atoms with Crippen LogP contribution in [0.4, 0.5) is 13.2 Å². The lowest BCUT2D eigenvalue weighted by molar-refractivity contribution is -0.192. The number of benzene rings is 1. The van der Waals surface area contributed by atoms with Crippen molar-refractivity contribution in [2.75, 3.05) is 6.54 Å². The quantitative estimate of drug-likeness (QED) is 0.642. The number of nitrogens with zero attached hydrogens (tertiary/aromatic N) is 3. The topological polar surface area (TPSA) is 120 Å². The summed E-state index contributed by atoms with van der Waals surface area (Å²) in [6, 6.07) is 9.55. The van der Waals surface area contributed by atoms with Crippen LogP contribution in [0.1, 0.15) is 24.8 Å². The summed E-state index contributed by atoms with van der Waals surface area (Å²) in [5.74, 6) is -2.83. The minimum absolute atomic E-state index is 0.0711. The second kappa shape index (κ2) is 11.3. The monoisotopic (exact) mass is 451 g/mol. The van der Waals surface area contributed by atoms with Gasteiger partial charge in [0.2, 0.25) is 5.91 Å². The summed E-state index contributed by atoms with van der Waals surface area (Å²) in [5.41, 5.74) is 3.17. The Labute approximate surface area is 183 Å². The molecule has 172 valence electrons. The van der Waals surface area contributed by atoms with E-state index in [2.05, 4.69) is 21.8 Å². The average Bonchev–Trinajstić information content (AvgIpc) is 3.20. The molecule has 1 fully saturated rings. The number of carbonyl (C=O) groups is 2. The number of carboxylic acids is 1. The van der Waals surface area contributed by atoms with Crippen LogP contribution < -0.4 is 10.6 Å². The Morgan fingerprint density at radius 3 is 2.44 bits per heavy atom. The normalized spacial score (nSPS) is 16.8. The number of carbonyl (C=O) groups excluding carboxylic acids is 1. The molecule has 2 heterocycles. The molecule has 0 saturated carbocycles. The van der Waals surface area contributed by atoms with Crippen molar-refractivity contribution >= 4 is 11.9 Å². The Kier molecular flexibility index (Phi) is 8.78. The molecular weight excluding hydrogens is 427 g/mol. The van der Waals surface area contributed by atoms with Crippen molar-refractivity contribution in [3.05, 3.63) is 42.2 Å². The minimum atomic E-state index is -5.08. The largest absolute Gasteiger partial charge is 0.490 e. The van der Waals surface area contributed by atoms with E-state index in [1.54, 1.807) is 4.68 Å². The third-order valence-electron chi connectivity index (χ3n) is 4.77. The molecule has 1 saturated heterocycles. The van der Waals surface area contributed by atoms with Crippen molar-refractivity contribution in [3.63, 3.8) is 0 Å². The Hall–Kier alpha value is -3.39. The van der Waals surface area contributed by atoms with Gasteiger partial charge < -0.3 is 15.7 Å². The van der Waals surface area contributed by atoms with Crippen LogP contribution in [-0.4, -0.2) is 51.6 Å². The molecule has 2 atom stereocenters. The van der Waals surface area contributed by atoms with Crippen LogP contribution in [0.2, 0.25) is 0 Å². The van der Waals surface area contributed by atoms with Crippen molar-refractivity contribution < 1.29 is 27.9 Å². The van der Waals surface area contributed by atoms with Gasteiger partial charge >= 0.3 is 12.1 Å². The first-order valence-electron chi connectivity index (χ1n) is 9.91. The molecule has 0 radical (unpaired) electrons. The van der Waals surface area contributed by atoms with E-state index in [0.717, 1.165) is 42.5 Å². The fourth-order valence-electron chi connectivity index (χ4n) is 3.12. The standard InChI is InChI=1S/C19H23N5O.C2HF3O2/c1-24-13-16(12-22-24)15-7-5-14(6-8-15)10-17(11-20)23-19(25)18-4-2-3-9-21-18;3-2(4,5)1(6)7/h5-8,12-13,17-18,21H,2-4,9-10H2,1H3,(H,23,25);(H,6,7)/t17-,18-;/m0./s1. The van der Waals surface area contributed by atoms with Gasteiger partial charge in [0.15, 0.2) is 0 Å². The summed E-state index contributed by atoms with van der Waals surface area (Å²) in [4.78, 5) is 21.2. The van der Waals surface area contributed by atoms with E-state index in [4.69, 9.17) is 9.90 Å². The van der Waals surface area contributed by atoms with Gasteiger partial charge in [-0.1, -0.05) is 30.7 Å². The first kappa shape index (κ1) is 24.9. The van der Waals surface area contributed by atoms with Crippen LogP contribution in [0.5, 0.6) is 0 Å². The van der Waals surface area contributed by atoms with E-state index in [0.29, 0.717) is 6.42 Å². The van der Waals surface area contributed by atoms with Gasteiger partial charge in [0.05, 0.1) is 18.3 Å². The average molecular weight is 451 g/mol. The van der Waals surface area contributed by atoms with E-state index < -0.39 is 18.2 Å². The Bertz CT molecular complexity index is 945. The van der Waals surface area contributed by atoms with Gasteiger partial charge in [-0.15, -0.1) is 0 Å². The molecule has 1 amide bonds. The molecule has 11 heteroatoms. The first-order chi connectivity index (χ1) is 15.1. The van der Waals surface area contributed by atoms with Crippen LogP contribution in [-0.2, 0) is 23.1 Å². The molecule has 1 aliphatic rings. The molecule has 3 N–H and O–H groups in total. The Morgan fingerprint density at radius 2 is 1.97 bits per heavy atom. The zero-order chi connectivity index (χ0) is 23.7. The molecule has 32 heavy (non-hydrogen) atoms. The smallest absolute Gasteiger partial charge is 0.475 e. The third kappa shape index (κ3) is 7.70. The molecule has 0 bridgehead atoms. The molecule has 1 aliphatic heterocycles. The zero-order valence-corrected chi connectivity index (χ0v) is 17.4. The number of amides is 1. The van der Waals surface area contributed by atoms with E-state index in [1.165, 1.54) is 0 Å². The highest BCUT2D eigenvalue weighted by atomic mass is 19.4. The molecule has 3 rings (SSSR count). The van der Waals surface area contributed by atoms with E-state index in [9.17, 15) is 23.2 Å². The number of aryl methyl sites for hydroxylation is 1. The van der Waals surface area contributed by atoms with Gasteiger partial charge in [-0.25, -0.2) is 4.79 Å². The number of rotatable bonds is 5. The number of nitriles is 1. The van der Waals surface area contributed by atoms with Gasteiger partial charge in [-0.2, -0.15) is 23.5 Å². The molecule has 8 nitrogen and oxygen atoms in total. The van der Waals surface area contributed by atoms with E-state index in [-0.39, 0.29) is 11.9 Å². The predicted molar refractivity (Wildman–Crippen MR) is 109 cm³/mol. The summed E-state index contributed by atoms with van der Waals surface area (Å²) in [6.07, 6.45) is 2.20. The lowest BCUT2D eigenvalue weighted by Gasteiger charge is -2.23. The number of hydrogen-bond acceptors (Lipinski definition) is 5. The highest BCUT2D eigenvalue weighted by Crippen LogP contribution is 2.19. The Morgan fingerprint density at radius 1 is 1.31 bits per heavy atom. The summed E-state index contributed by atoms with van der Waals surface area (Å²) >= 11 is 0. The maximum atomic E-state index is 12.3. The number of aliphatic carboxylic acids is 1. The Balaban J connectivity index is 0.000000451. The summed E-state index contributed by atoms with van der Waals surface area (Å²) in [5, 5.41) is 26.7. The lowest BCUT2D eigenvalue weighted by atomic mass is 10.0. The fourth-order valence-corrected chi connectivity index (χ4v) is 3.12. The second-order valence-corrected chi connectivity index (χ2v) is 7.30. The van der Waals surface area contributed by atoms with Crippen molar-refractivity contribution in [2.24, 2.45) is 7.05 Å². The number of alkyl halides is 3. The van der Waals surface area contributed by atoms with Gasteiger partial charge in [0, 0.05) is 25.2 Å². The van der Waals surface area contributed by atoms with Crippen LogP contribution in [0.3, 0.4) is 0 Å². The maximum absolute atomic E-state index is 12.3. The van der Waals surface area contributed by atoms with Crippen molar-refractivity contribution in [1.82, 2.24) is 20.4 Å². The van der Waals surface area contributed by atoms with E-state index >= 15 is 0 Å². The number of aromatic nitrogens is 2. The number of nitrogens with one attached hydrogen (secondary N) is 2. The van der Waals surface area contributed by atoms with Gasteiger partial charge in [0.1, 0.15) is 6.04 Å². The number of carboxylic acid groups (broad SMARTS) is 1. The van der Waals surface area contributed by atoms with Crippen LogP contribution in [0.15, 0.2) is 36.7 Å². The third-order valence-corrected chi connectivity index (χ3v) is 4.77. The number of hydrogen-bond donors (Lipinski definition) is 3. The lowest BCUT2D eigenvalue weighted by Crippen LogP contribution is -2.49. The highest BCUT2D eigenvalue weighted by molar-refractivity contribution is 5.82. The summed E-state index contributed by atoms with van der Waals surface area (Å²) in [7, 11) is 1.89. The molecule has 1 aromatic heterocycles. The zero-order valence-electron chi connectivity index (χ0n) is 17.4. The highest BCUT2D eigenvalue weighted by Gasteiger charge is 2.38. The van der Waals surface area contributed by atoms with Crippen molar-refractivity contribution in [3.8, 4) is 17.2 Å². The SMILES string of the molecule is Cn1cc(-c2ccc(C[C@@H](C#N)NC(=O)[C@@H]3CCCCN3)cc2)cn1.O=C(O)C(F)(F)F. The van der Waals surface area contributed by atoms with E-state index in [1.807, 2.05) is 43.7 Å². The fraction of sp³-hybridized carbons (Fsp3) is 0.429. The molecule has 1 aromatic carbocycles. The van der Waals surface area contributed by atoms with Crippen LogP contribution in [0, 0.1) is 11.3 Å². The van der Waals surface area contributed by atoms with Gasteiger partial charge in [0.25, 0.3) is 0 Å². The summed E-state index contributed by atoms with van der Waals surface area (Å²) in [6.45, 7) is 0.866. The van der Waals surface area contributed by atoms with Crippen LogP contribution in [0.25, 0.3) is 11.1 Å². The van der Waals surface area contributed by atoms with Crippen LogP contribution >= 0.6 is 0 Å². The molecule has 0 aliphatic carbocycles. The predicted octanol–water partition coefficient (Wildman–Crippen LogP) is 2.41. The molecule has 2 aromatic rings.